The van der Waals surface area contributed by atoms with Crippen LogP contribution in [0.15, 0.2) is 4.99 Å². The number of rotatable bonds is 2. The summed E-state index contributed by atoms with van der Waals surface area (Å²) in [5.74, 6) is 6.26. The summed E-state index contributed by atoms with van der Waals surface area (Å²) < 4.78 is 0. The molecule has 4 N–H and O–H groups in total. The highest BCUT2D eigenvalue weighted by Crippen LogP contribution is 2.34. The second kappa shape index (κ2) is 4.39. The number of hydrogen-bond donors (Lipinski definition) is 3. The molecule has 0 radical (unpaired) electrons. The van der Waals surface area contributed by atoms with E-state index in [0.29, 0.717) is 6.04 Å². The molecule has 4 nitrogen and oxygen atoms in total. The first-order valence-electron chi connectivity index (χ1n) is 6.04. The van der Waals surface area contributed by atoms with E-state index in [0.717, 1.165) is 5.96 Å². The van der Waals surface area contributed by atoms with Crippen molar-refractivity contribution in [2.24, 2.45) is 10.8 Å². The van der Waals surface area contributed by atoms with E-state index in [1.165, 1.54) is 44.9 Å². The van der Waals surface area contributed by atoms with Crippen LogP contribution < -0.4 is 16.6 Å². The van der Waals surface area contributed by atoms with Crippen molar-refractivity contribution in [2.75, 3.05) is 0 Å². The number of hydrazine groups is 1. The quantitative estimate of drug-likeness (QED) is 0.278. The molecule has 15 heavy (non-hydrogen) atoms. The normalized spacial score (nSPS) is 26.1. The zero-order valence-corrected chi connectivity index (χ0v) is 9.55. The van der Waals surface area contributed by atoms with E-state index in [9.17, 15) is 0 Å². The first-order valence-corrected chi connectivity index (χ1v) is 6.04. The number of aliphatic imine (C=N–C) groups is 1. The van der Waals surface area contributed by atoms with Gasteiger partial charge in [0.2, 0.25) is 5.96 Å². The monoisotopic (exact) mass is 210 g/mol. The van der Waals surface area contributed by atoms with Crippen LogP contribution in [0, 0.1) is 0 Å². The lowest BCUT2D eigenvalue weighted by atomic mass is 9.96. The van der Waals surface area contributed by atoms with Crippen LogP contribution in [0.25, 0.3) is 0 Å². The number of nitrogens with two attached hydrogens (primary N) is 1. The van der Waals surface area contributed by atoms with Crippen molar-refractivity contribution in [3.8, 4) is 0 Å². The Morgan fingerprint density at radius 2 is 1.93 bits per heavy atom. The van der Waals surface area contributed by atoms with E-state index in [2.05, 4.69) is 22.7 Å². The fraction of sp³-hybridized carbons (Fsp3) is 0.909. The summed E-state index contributed by atoms with van der Waals surface area (Å²) in [6.07, 6.45) is 8.85. The number of nitrogens with zero attached hydrogens (tertiary/aromatic N) is 1. The molecule has 0 saturated heterocycles. The molecule has 2 aliphatic rings. The fourth-order valence-corrected chi connectivity index (χ4v) is 2.10. The summed E-state index contributed by atoms with van der Waals surface area (Å²) in [6.45, 7) is 2.21. The zero-order valence-electron chi connectivity index (χ0n) is 9.55. The third-order valence-electron chi connectivity index (χ3n) is 3.44. The molecule has 2 fully saturated rings. The molecule has 2 aliphatic carbocycles. The van der Waals surface area contributed by atoms with E-state index in [1.54, 1.807) is 0 Å². The topological polar surface area (TPSA) is 62.4 Å². The molecule has 4 heteroatoms. The molecule has 0 aromatic rings. The Bertz CT molecular complexity index is 239. The van der Waals surface area contributed by atoms with Gasteiger partial charge in [0.15, 0.2) is 0 Å². The Hall–Kier alpha value is -0.770. The third kappa shape index (κ3) is 3.09. The predicted molar refractivity (Wildman–Crippen MR) is 62.4 cm³/mol. The minimum atomic E-state index is 0.250. The van der Waals surface area contributed by atoms with Gasteiger partial charge in [-0.15, -0.1) is 0 Å². The van der Waals surface area contributed by atoms with Gasteiger partial charge in [-0.25, -0.2) is 10.8 Å². The maximum absolute atomic E-state index is 5.48. The summed E-state index contributed by atoms with van der Waals surface area (Å²) in [5.41, 5.74) is 2.93. The van der Waals surface area contributed by atoms with Crippen molar-refractivity contribution in [3.05, 3.63) is 0 Å². The van der Waals surface area contributed by atoms with Crippen LogP contribution in [-0.4, -0.2) is 17.5 Å². The molecule has 0 heterocycles. The predicted octanol–water partition coefficient (Wildman–Crippen LogP) is 1.28. The maximum Gasteiger partial charge on any atom is 0.206 e. The van der Waals surface area contributed by atoms with Gasteiger partial charge in [-0.3, -0.25) is 5.43 Å². The molecule has 2 rings (SSSR count). The Labute approximate surface area is 91.7 Å². The minimum Gasteiger partial charge on any atom is -0.350 e. The summed E-state index contributed by atoms with van der Waals surface area (Å²) in [4.78, 5) is 4.65. The largest absolute Gasteiger partial charge is 0.350 e. The first-order chi connectivity index (χ1) is 7.22. The van der Waals surface area contributed by atoms with Crippen LogP contribution in [0.4, 0.5) is 0 Å². The van der Waals surface area contributed by atoms with Gasteiger partial charge >= 0.3 is 0 Å². The molecule has 0 amide bonds. The minimum absolute atomic E-state index is 0.250. The van der Waals surface area contributed by atoms with Gasteiger partial charge in [0.25, 0.3) is 0 Å². The van der Waals surface area contributed by atoms with Crippen molar-refractivity contribution in [1.29, 1.82) is 0 Å². The van der Waals surface area contributed by atoms with Gasteiger partial charge in [0.05, 0.1) is 6.04 Å². The highest BCUT2D eigenvalue weighted by molar-refractivity contribution is 5.80. The molecule has 0 aromatic heterocycles. The molecular formula is C11H22N4. The van der Waals surface area contributed by atoms with Crippen LogP contribution in [-0.2, 0) is 0 Å². The van der Waals surface area contributed by atoms with Crippen LogP contribution in [0.2, 0.25) is 0 Å². The summed E-state index contributed by atoms with van der Waals surface area (Å²) in [6, 6.07) is 0.472. The van der Waals surface area contributed by atoms with Crippen LogP contribution >= 0.6 is 0 Å². The molecule has 0 aromatic carbocycles. The van der Waals surface area contributed by atoms with Crippen molar-refractivity contribution in [3.63, 3.8) is 0 Å². The highest BCUT2D eigenvalue weighted by atomic mass is 15.4. The van der Waals surface area contributed by atoms with Crippen LogP contribution in [0.5, 0.6) is 0 Å². The van der Waals surface area contributed by atoms with Crippen molar-refractivity contribution >= 4 is 5.96 Å². The van der Waals surface area contributed by atoms with Gasteiger partial charge in [-0.05, 0) is 32.6 Å². The molecule has 86 valence electrons. The number of guanidine groups is 1. The summed E-state index contributed by atoms with van der Waals surface area (Å²) in [5, 5.41) is 3.38. The molecule has 0 atom stereocenters. The van der Waals surface area contributed by atoms with Crippen LogP contribution in [0.1, 0.15) is 51.9 Å². The molecule has 0 aliphatic heterocycles. The molecular weight excluding hydrogens is 188 g/mol. The fourth-order valence-electron chi connectivity index (χ4n) is 2.10. The Morgan fingerprint density at radius 1 is 1.27 bits per heavy atom. The van der Waals surface area contributed by atoms with Gasteiger partial charge in [0.1, 0.15) is 0 Å². The highest BCUT2D eigenvalue weighted by Gasteiger charge is 2.38. The summed E-state index contributed by atoms with van der Waals surface area (Å²) >= 11 is 0. The van der Waals surface area contributed by atoms with E-state index in [-0.39, 0.29) is 5.54 Å². The van der Waals surface area contributed by atoms with Crippen molar-refractivity contribution in [2.45, 2.75) is 63.5 Å². The van der Waals surface area contributed by atoms with E-state index < -0.39 is 0 Å². The number of hydrogen-bond acceptors (Lipinski definition) is 2. The molecule has 0 bridgehead atoms. The Balaban J connectivity index is 1.88. The lowest BCUT2D eigenvalue weighted by Gasteiger charge is -2.21. The zero-order chi connectivity index (χ0) is 10.7. The summed E-state index contributed by atoms with van der Waals surface area (Å²) in [7, 11) is 0. The van der Waals surface area contributed by atoms with E-state index in [4.69, 9.17) is 5.84 Å². The number of nitrogens with one attached hydrogen (secondary N) is 2. The third-order valence-corrected chi connectivity index (χ3v) is 3.44. The lowest BCUT2D eigenvalue weighted by molar-refractivity contribution is 0.440. The van der Waals surface area contributed by atoms with E-state index >= 15 is 0 Å². The molecule has 0 spiro atoms. The molecule has 0 unspecified atom stereocenters. The van der Waals surface area contributed by atoms with E-state index in [1.807, 2.05) is 0 Å². The van der Waals surface area contributed by atoms with Crippen molar-refractivity contribution < 1.29 is 0 Å². The Kier molecular flexibility index (Phi) is 3.14. The second-order valence-corrected chi connectivity index (χ2v) is 5.10. The second-order valence-electron chi connectivity index (χ2n) is 5.10. The van der Waals surface area contributed by atoms with Gasteiger partial charge in [-0.1, -0.05) is 19.3 Å². The first kappa shape index (κ1) is 10.7. The Morgan fingerprint density at radius 3 is 2.47 bits per heavy atom. The van der Waals surface area contributed by atoms with Crippen LogP contribution in [0.3, 0.4) is 0 Å². The standard InChI is InChI=1S/C11H22N4/c1-11(7-8-11)14-10(15-12)13-9-5-3-2-4-6-9/h9H,2-8,12H2,1H3,(H2,13,14,15). The van der Waals surface area contributed by atoms with Gasteiger partial charge < -0.3 is 5.32 Å². The maximum atomic E-state index is 5.48. The average Bonchev–Trinajstić information content (AvgIpc) is 2.97. The molecule has 2 saturated carbocycles. The average molecular weight is 210 g/mol. The smallest absolute Gasteiger partial charge is 0.206 e. The lowest BCUT2D eigenvalue weighted by Crippen LogP contribution is -2.47. The van der Waals surface area contributed by atoms with Crippen molar-refractivity contribution in [1.82, 2.24) is 10.7 Å². The van der Waals surface area contributed by atoms with Gasteiger partial charge in [-0.2, -0.15) is 0 Å². The van der Waals surface area contributed by atoms with Gasteiger partial charge in [0, 0.05) is 5.54 Å². The SMILES string of the molecule is CC1(NC(=NC2CCCCC2)NN)CC1.